The maximum absolute atomic E-state index is 13.5. The number of fused-ring (bicyclic) bond motifs is 2. The quantitative estimate of drug-likeness (QED) is 0.174. The van der Waals surface area contributed by atoms with Crippen molar-refractivity contribution >= 4 is 22.6 Å². The second-order valence-corrected chi connectivity index (χ2v) is 12.3. The molecule has 14 nitrogen and oxygen atoms in total. The fourth-order valence-corrected chi connectivity index (χ4v) is 6.46. The van der Waals surface area contributed by atoms with Crippen molar-refractivity contribution in [3.8, 4) is 45.8 Å². The lowest BCUT2D eigenvalue weighted by Gasteiger charge is -2.29. The predicted molar refractivity (Wildman–Crippen MR) is 197 cm³/mol. The molecule has 0 saturated heterocycles. The van der Waals surface area contributed by atoms with Gasteiger partial charge in [-0.2, -0.15) is 0 Å². The highest BCUT2D eigenvalue weighted by molar-refractivity contribution is 6.05. The van der Waals surface area contributed by atoms with Gasteiger partial charge in [0.25, 0.3) is 5.91 Å². The van der Waals surface area contributed by atoms with Crippen LogP contribution in [-0.4, -0.2) is 79.7 Å². The van der Waals surface area contributed by atoms with Gasteiger partial charge in [-0.15, -0.1) is 15.0 Å². The fourth-order valence-electron chi connectivity index (χ4n) is 6.46. The molecule has 1 N–H and O–H groups in total. The zero-order valence-electron chi connectivity index (χ0n) is 30.0. The van der Waals surface area contributed by atoms with E-state index < -0.39 is 11.3 Å². The number of hydrogen-bond donors (Lipinski definition) is 1. The molecule has 0 aliphatic carbocycles. The maximum atomic E-state index is 13.5. The molecule has 1 aliphatic heterocycles. The SMILES string of the molecule is COc1cc2c(cc1OC)CN(CCc1ccc(-n3nnc(-c4cc(OC)c(OC)cc4NC(=O)c4cc(=O)c5c(OC)cccc5o4)n3)cc1)CC2. The highest BCUT2D eigenvalue weighted by atomic mass is 16.5. The van der Waals surface area contributed by atoms with Crippen LogP contribution < -0.4 is 34.4 Å². The van der Waals surface area contributed by atoms with E-state index in [9.17, 15) is 9.59 Å². The molecule has 1 aliphatic rings. The van der Waals surface area contributed by atoms with E-state index in [4.69, 9.17) is 28.1 Å². The van der Waals surface area contributed by atoms with Crippen LogP contribution in [0.1, 0.15) is 27.2 Å². The Morgan fingerprint density at radius 2 is 1.49 bits per heavy atom. The van der Waals surface area contributed by atoms with E-state index in [1.807, 2.05) is 12.1 Å². The van der Waals surface area contributed by atoms with Crippen LogP contribution in [0.5, 0.6) is 28.7 Å². The normalized spacial score (nSPS) is 12.6. The van der Waals surface area contributed by atoms with Crippen molar-refractivity contribution in [2.75, 3.05) is 54.0 Å². The molecule has 6 aromatic rings. The van der Waals surface area contributed by atoms with Crippen molar-refractivity contribution in [3.63, 3.8) is 0 Å². The minimum Gasteiger partial charge on any atom is -0.496 e. The highest BCUT2D eigenvalue weighted by Crippen LogP contribution is 2.38. The summed E-state index contributed by atoms with van der Waals surface area (Å²) in [4.78, 5) is 30.3. The van der Waals surface area contributed by atoms with Crippen LogP contribution >= 0.6 is 0 Å². The Bertz CT molecular complexity index is 2350. The third kappa shape index (κ3) is 7.08. The van der Waals surface area contributed by atoms with Crippen LogP contribution in [0.3, 0.4) is 0 Å². The summed E-state index contributed by atoms with van der Waals surface area (Å²) in [5, 5.41) is 16.3. The number of hydrogen-bond acceptors (Lipinski definition) is 12. The molecule has 14 heteroatoms. The largest absolute Gasteiger partial charge is 0.496 e. The van der Waals surface area contributed by atoms with Gasteiger partial charge in [-0.3, -0.25) is 14.5 Å². The Hall–Kier alpha value is -6.41. The molecular weight excluding hydrogens is 680 g/mol. The lowest BCUT2D eigenvalue weighted by atomic mass is 9.98. The molecule has 4 aromatic carbocycles. The second kappa shape index (κ2) is 15.1. The summed E-state index contributed by atoms with van der Waals surface area (Å²) >= 11 is 0. The molecule has 0 bridgehead atoms. The molecule has 272 valence electrons. The molecule has 0 radical (unpaired) electrons. The third-order valence-electron chi connectivity index (χ3n) is 9.27. The molecule has 0 atom stereocenters. The average molecular weight is 719 g/mol. The standard InChI is InChI=1S/C39H38N6O8/c1-48-30-7-6-8-31-37(30)29(46)21-36(53-31)39(47)40-28-20-35(52-5)34(51-4)19-27(28)38-41-43-45(42-38)26-11-9-23(10-12-26)13-15-44-16-14-24-17-32(49-2)33(50-3)18-25(24)22-44/h6-12,17-21H,13-16,22H2,1-5H3,(H,40,47). The van der Waals surface area contributed by atoms with Crippen molar-refractivity contribution in [1.29, 1.82) is 0 Å². The lowest BCUT2D eigenvalue weighted by molar-refractivity contribution is 0.0997. The highest BCUT2D eigenvalue weighted by Gasteiger charge is 2.22. The molecule has 1 amide bonds. The van der Waals surface area contributed by atoms with Gasteiger partial charge in [0, 0.05) is 31.8 Å². The summed E-state index contributed by atoms with van der Waals surface area (Å²) in [6.45, 7) is 2.73. The smallest absolute Gasteiger partial charge is 0.291 e. The Morgan fingerprint density at radius 1 is 0.811 bits per heavy atom. The van der Waals surface area contributed by atoms with E-state index in [1.54, 1.807) is 44.6 Å². The van der Waals surface area contributed by atoms with Gasteiger partial charge in [0.2, 0.25) is 5.82 Å². The molecule has 2 aromatic heterocycles. The van der Waals surface area contributed by atoms with Crippen LogP contribution in [0.15, 0.2) is 82.0 Å². The number of tetrazole rings is 1. The Kier molecular flexibility index (Phi) is 9.95. The maximum Gasteiger partial charge on any atom is 0.291 e. The summed E-state index contributed by atoms with van der Waals surface area (Å²) in [6, 6.07) is 21.4. The van der Waals surface area contributed by atoms with Crippen LogP contribution in [0.25, 0.3) is 28.0 Å². The molecule has 7 rings (SSSR count). The van der Waals surface area contributed by atoms with Gasteiger partial charge in [0.05, 0.1) is 52.5 Å². The number of anilines is 1. The Balaban J connectivity index is 1.08. The first-order valence-corrected chi connectivity index (χ1v) is 16.9. The van der Waals surface area contributed by atoms with Gasteiger partial charge in [-0.1, -0.05) is 18.2 Å². The zero-order chi connectivity index (χ0) is 37.1. The lowest BCUT2D eigenvalue weighted by Crippen LogP contribution is -2.32. The zero-order valence-corrected chi connectivity index (χ0v) is 30.0. The van der Waals surface area contributed by atoms with Gasteiger partial charge in [-0.25, -0.2) is 0 Å². The van der Waals surface area contributed by atoms with Crippen molar-refractivity contribution in [1.82, 2.24) is 25.1 Å². The first-order valence-electron chi connectivity index (χ1n) is 16.9. The Morgan fingerprint density at radius 3 is 2.21 bits per heavy atom. The van der Waals surface area contributed by atoms with Gasteiger partial charge in [-0.05, 0) is 77.2 Å². The Labute approximate surface area is 304 Å². The van der Waals surface area contributed by atoms with Gasteiger partial charge in [0.1, 0.15) is 16.7 Å². The number of carbonyl (C=O) groups excluding carboxylic acids is 1. The van der Waals surface area contributed by atoms with Gasteiger partial charge < -0.3 is 33.4 Å². The van der Waals surface area contributed by atoms with E-state index in [0.29, 0.717) is 28.5 Å². The number of aromatic nitrogens is 4. The number of ether oxygens (including phenoxy) is 5. The van der Waals surface area contributed by atoms with E-state index in [-0.39, 0.29) is 28.2 Å². The minimum absolute atomic E-state index is 0.195. The molecule has 53 heavy (non-hydrogen) atoms. The first-order chi connectivity index (χ1) is 25.8. The van der Waals surface area contributed by atoms with Crippen molar-refractivity contribution in [2.24, 2.45) is 0 Å². The van der Waals surface area contributed by atoms with Crippen LogP contribution in [0.2, 0.25) is 0 Å². The van der Waals surface area contributed by atoms with E-state index in [1.165, 1.54) is 42.8 Å². The van der Waals surface area contributed by atoms with Gasteiger partial charge >= 0.3 is 0 Å². The average Bonchev–Trinajstić information content (AvgIpc) is 3.69. The number of carbonyl (C=O) groups is 1. The van der Waals surface area contributed by atoms with Crippen LogP contribution in [-0.2, 0) is 19.4 Å². The number of methoxy groups -OCH3 is 5. The summed E-state index contributed by atoms with van der Waals surface area (Å²) < 4.78 is 33.1. The summed E-state index contributed by atoms with van der Waals surface area (Å²) in [6.07, 6.45) is 1.83. The number of nitrogens with one attached hydrogen (secondary N) is 1. The van der Waals surface area contributed by atoms with E-state index in [0.717, 1.165) is 50.0 Å². The van der Waals surface area contributed by atoms with E-state index in [2.05, 4.69) is 49.9 Å². The first kappa shape index (κ1) is 35.0. The molecule has 0 fully saturated rings. The fraction of sp³-hybridized carbons (Fsp3) is 0.256. The molecule has 3 heterocycles. The summed E-state index contributed by atoms with van der Waals surface area (Å²) in [5.41, 5.74) is 4.93. The topological polar surface area (TPSA) is 152 Å². The number of benzene rings is 4. The van der Waals surface area contributed by atoms with Crippen molar-refractivity contribution in [2.45, 2.75) is 19.4 Å². The van der Waals surface area contributed by atoms with Gasteiger partial charge in [0.15, 0.2) is 34.2 Å². The molecule has 0 unspecified atom stereocenters. The van der Waals surface area contributed by atoms with Crippen molar-refractivity contribution in [3.05, 3.63) is 105 Å². The molecule has 0 saturated carbocycles. The predicted octanol–water partition coefficient (Wildman–Crippen LogP) is 5.33. The monoisotopic (exact) mass is 718 g/mol. The minimum atomic E-state index is -0.669. The summed E-state index contributed by atoms with van der Waals surface area (Å²) in [5.74, 6) is 1.96. The number of nitrogens with zero attached hydrogens (tertiary/aromatic N) is 5. The number of amides is 1. The van der Waals surface area contributed by atoms with Crippen LogP contribution in [0, 0.1) is 0 Å². The van der Waals surface area contributed by atoms with Crippen LogP contribution in [0.4, 0.5) is 5.69 Å². The molecule has 0 spiro atoms. The summed E-state index contributed by atoms with van der Waals surface area (Å²) in [7, 11) is 7.77. The molecular formula is C39H38N6O8. The third-order valence-corrected chi connectivity index (χ3v) is 9.27. The second-order valence-electron chi connectivity index (χ2n) is 12.3. The number of rotatable bonds is 12. The van der Waals surface area contributed by atoms with E-state index >= 15 is 0 Å². The van der Waals surface area contributed by atoms with Crippen molar-refractivity contribution < 1.29 is 32.9 Å².